The molecule has 0 aliphatic rings. The van der Waals surface area contributed by atoms with E-state index in [-0.39, 0.29) is 5.76 Å². The van der Waals surface area contributed by atoms with Crippen molar-refractivity contribution in [2.45, 2.75) is 20.0 Å². The fraction of sp³-hybridized carbons (Fsp3) is 0.160. The summed E-state index contributed by atoms with van der Waals surface area (Å²) < 4.78 is 11.3. The van der Waals surface area contributed by atoms with E-state index in [0.29, 0.717) is 13.2 Å². The zero-order valence-corrected chi connectivity index (χ0v) is 16.4. The van der Waals surface area contributed by atoms with Gasteiger partial charge in [-0.15, -0.1) is 0 Å². The van der Waals surface area contributed by atoms with E-state index >= 15 is 0 Å². The summed E-state index contributed by atoms with van der Waals surface area (Å²) in [6, 6.07) is 25.8. The summed E-state index contributed by atoms with van der Waals surface area (Å²) in [6.07, 6.45) is 2.25. The largest absolute Gasteiger partial charge is 0.489 e. The van der Waals surface area contributed by atoms with Crippen LogP contribution >= 0.6 is 0 Å². The number of carbonyl (C=O) groups is 1. The first-order valence-electron chi connectivity index (χ1n) is 9.57. The van der Waals surface area contributed by atoms with E-state index in [0.717, 1.165) is 28.9 Å². The molecule has 0 saturated heterocycles. The van der Waals surface area contributed by atoms with Crippen LogP contribution in [0, 0.1) is 0 Å². The van der Waals surface area contributed by atoms with Crippen LogP contribution in [0.15, 0.2) is 84.6 Å². The fourth-order valence-corrected chi connectivity index (χ4v) is 2.96. The summed E-state index contributed by atoms with van der Waals surface area (Å²) in [5, 5.41) is 9.31. The van der Waals surface area contributed by atoms with E-state index in [4.69, 9.17) is 9.47 Å². The summed E-state index contributed by atoms with van der Waals surface area (Å²) in [5.74, 6) is -0.447. The standard InChI is InChI=1S/C25H24O4/c1-2-28-24(25(26)27)17-21-13-14-22(15-19-9-5-3-6-10-19)23(16-21)29-18-20-11-7-4-8-12-20/h3-14,16-17H,2,15,18H2,1H3,(H,26,27)/b24-17+. The van der Waals surface area contributed by atoms with Gasteiger partial charge in [0.1, 0.15) is 12.4 Å². The molecule has 0 aliphatic carbocycles. The molecule has 3 aromatic rings. The topological polar surface area (TPSA) is 55.8 Å². The maximum atomic E-state index is 11.4. The Balaban J connectivity index is 1.90. The molecule has 0 atom stereocenters. The van der Waals surface area contributed by atoms with Gasteiger partial charge in [0.25, 0.3) is 0 Å². The van der Waals surface area contributed by atoms with Crippen molar-refractivity contribution in [2.75, 3.05) is 6.61 Å². The van der Waals surface area contributed by atoms with E-state index in [9.17, 15) is 9.90 Å². The van der Waals surface area contributed by atoms with Gasteiger partial charge in [-0.25, -0.2) is 4.79 Å². The fourth-order valence-electron chi connectivity index (χ4n) is 2.96. The van der Waals surface area contributed by atoms with Gasteiger partial charge in [0.05, 0.1) is 6.61 Å². The van der Waals surface area contributed by atoms with Crippen molar-refractivity contribution in [3.8, 4) is 5.75 Å². The van der Waals surface area contributed by atoms with Crippen molar-refractivity contribution in [3.63, 3.8) is 0 Å². The Morgan fingerprint density at radius 2 is 1.59 bits per heavy atom. The van der Waals surface area contributed by atoms with Gasteiger partial charge in [-0.05, 0) is 41.3 Å². The first-order chi connectivity index (χ1) is 14.2. The quantitative estimate of drug-likeness (QED) is 0.398. The lowest BCUT2D eigenvalue weighted by Gasteiger charge is -2.13. The first-order valence-corrected chi connectivity index (χ1v) is 9.57. The molecule has 0 heterocycles. The van der Waals surface area contributed by atoms with Crippen LogP contribution in [0.1, 0.15) is 29.2 Å². The maximum absolute atomic E-state index is 11.4. The van der Waals surface area contributed by atoms with Gasteiger partial charge in [0, 0.05) is 6.42 Å². The SMILES string of the molecule is CCO/C(=C/c1ccc(Cc2ccccc2)c(OCc2ccccc2)c1)C(=O)O. The molecule has 0 amide bonds. The van der Waals surface area contributed by atoms with E-state index < -0.39 is 5.97 Å². The van der Waals surface area contributed by atoms with Crippen LogP contribution in [0.4, 0.5) is 0 Å². The minimum absolute atomic E-state index is 0.0858. The number of rotatable bonds is 9. The monoisotopic (exact) mass is 388 g/mol. The Labute approximate surface area is 171 Å². The van der Waals surface area contributed by atoms with Crippen molar-refractivity contribution in [1.29, 1.82) is 0 Å². The van der Waals surface area contributed by atoms with Crippen molar-refractivity contribution < 1.29 is 19.4 Å². The molecule has 0 fully saturated rings. The molecule has 29 heavy (non-hydrogen) atoms. The van der Waals surface area contributed by atoms with Gasteiger partial charge >= 0.3 is 5.97 Å². The number of carboxylic acids is 1. The molecular formula is C25H24O4. The highest BCUT2D eigenvalue weighted by Crippen LogP contribution is 2.26. The Bertz CT molecular complexity index is 963. The predicted octanol–water partition coefficient (Wildman–Crippen LogP) is 5.32. The van der Waals surface area contributed by atoms with Crippen LogP contribution < -0.4 is 4.74 Å². The highest BCUT2D eigenvalue weighted by Gasteiger charge is 2.11. The second kappa shape index (κ2) is 10.1. The van der Waals surface area contributed by atoms with Crippen LogP contribution in [0.2, 0.25) is 0 Å². The maximum Gasteiger partial charge on any atom is 0.371 e. The number of hydrogen-bond donors (Lipinski definition) is 1. The number of hydrogen-bond acceptors (Lipinski definition) is 3. The third-order valence-electron chi connectivity index (χ3n) is 4.37. The molecule has 0 bridgehead atoms. The van der Waals surface area contributed by atoms with E-state index in [1.54, 1.807) is 6.92 Å². The van der Waals surface area contributed by atoms with Crippen molar-refractivity contribution >= 4 is 12.0 Å². The van der Waals surface area contributed by atoms with Crippen molar-refractivity contribution in [2.24, 2.45) is 0 Å². The zero-order chi connectivity index (χ0) is 20.5. The van der Waals surface area contributed by atoms with Gasteiger partial charge in [0.2, 0.25) is 5.76 Å². The first kappa shape index (κ1) is 20.2. The lowest BCUT2D eigenvalue weighted by molar-refractivity contribution is -0.136. The minimum Gasteiger partial charge on any atom is -0.489 e. The van der Waals surface area contributed by atoms with Crippen molar-refractivity contribution in [3.05, 3.63) is 107 Å². The van der Waals surface area contributed by atoms with Crippen LogP contribution in [0.3, 0.4) is 0 Å². The number of ether oxygens (including phenoxy) is 2. The molecule has 0 aliphatic heterocycles. The third kappa shape index (κ3) is 5.98. The Hall–Kier alpha value is -3.53. The molecule has 3 rings (SSSR count). The lowest BCUT2D eigenvalue weighted by atomic mass is 10.0. The van der Waals surface area contributed by atoms with E-state index in [1.807, 2.05) is 66.7 Å². The Kier molecular flexibility index (Phi) is 7.06. The minimum atomic E-state index is -1.09. The summed E-state index contributed by atoms with van der Waals surface area (Å²) in [6.45, 7) is 2.49. The third-order valence-corrected chi connectivity index (χ3v) is 4.37. The average Bonchev–Trinajstić information content (AvgIpc) is 2.75. The molecule has 148 valence electrons. The molecule has 1 N–H and O–H groups in total. The number of carboxylic acid groups (broad SMARTS) is 1. The van der Waals surface area contributed by atoms with Crippen LogP contribution in [0.5, 0.6) is 5.75 Å². The summed E-state index contributed by atoms with van der Waals surface area (Å²) in [7, 11) is 0. The molecule has 0 saturated carbocycles. The van der Waals surface area contributed by atoms with Crippen molar-refractivity contribution in [1.82, 2.24) is 0 Å². The molecule has 4 nitrogen and oxygen atoms in total. The smallest absolute Gasteiger partial charge is 0.371 e. The normalized spacial score (nSPS) is 11.1. The molecule has 0 unspecified atom stereocenters. The zero-order valence-electron chi connectivity index (χ0n) is 16.4. The summed E-state index contributed by atoms with van der Waals surface area (Å²) in [5.41, 5.74) is 4.01. The summed E-state index contributed by atoms with van der Waals surface area (Å²) >= 11 is 0. The second-order valence-electron chi connectivity index (χ2n) is 6.55. The van der Waals surface area contributed by atoms with Gasteiger partial charge in [-0.3, -0.25) is 0 Å². The molecule has 0 spiro atoms. The predicted molar refractivity (Wildman–Crippen MR) is 114 cm³/mol. The highest BCUT2D eigenvalue weighted by atomic mass is 16.5. The number of aliphatic carboxylic acids is 1. The molecule has 4 heteroatoms. The Morgan fingerprint density at radius 3 is 2.21 bits per heavy atom. The lowest BCUT2D eigenvalue weighted by Crippen LogP contribution is -2.05. The van der Waals surface area contributed by atoms with E-state index in [1.165, 1.54) is 11.6 Å². The van der Waals surface area contributed by atoms with Crippen LogP contribution in [0.25, 0.3) is 6.08 Å². The van der Waals surface area contributed by atoms with Gasteiger partial charge < -0.3 is 14.6 Å². The van der Waals surface area contributed by atoms with Crippen LogP contribution in [-0.4, -0.2) is 17.7 Å². The molecule has 0 aromatic heterocycles. The van der Waals surface area contributed by atoms with Gasteiger partial charge in [0.15, 0.2) is 0 Å². The van der Waals surface area contributed by atoms with Crippen LogP contribution in [-0.2, 0) is 22.6 Å². The molecule has 3 aromatic carbocycles. The Morgan fingerprint density at radius 1 is 0.931 bits per heavy atom. The van der Waals surface area contributed by atoms with E-state index in [2.05, 4.69) is 12.1 Å². The van der Waals surface area contributed by atoms with Gasteiger partial charge in [-0.2, -0.15) is 0 Å². The molecule has 0 radical (unpaired) electrons. The summed E-state index contributed by atoms with van der Waals surface area (Å²) in [4.78, 5) is 11.4. The highest BCUT2D eigenvalue weighted by molar-refractivity contribution is 5.89. The molecular weight excluding hydrogens is 364 g/mol. The number of benzene rings is 3. The van der Waals surface area contributed by atoms with Gasteiger partial charge in [-0.1, -0.05) is 72.8 Å². The second-order valence-corrected chi connectivity index (χ2v) is 6.55. The average molecular weight is 388 g/mol.